The molecule has 5 nitrogen and oxygen atoms in total. The summed E-state index contributed by atoms with van der Waals surface area (Å²) < 4.78 is 26.7. The molecule has 8 heteroatoms. The number of esters is 1. The van der Waals surface area contributed by atoms with E-state index >= 15 is 0 Å². The Labute approximate surface area is 206 Å². The molecule has 3 aromatic carbocycles. The number of aryl methyl sites for hydroxylation is 2. The smallest absolute Gasteiger partial charge is 0.338 e. The number of methoxy groups -OCH3 is 1. The third-order valence-corrected chi connectivity index (χ3v) is 6.63. The highest BCUT2D eigenvalue weighted by Gasteiger charge is 2.16. The van der Waals surface area contributed by atoms with Crippen LogP contribution in [0.4, 0.5) is 4.39 Å². The van der Waals surface area contributed by atoms with Gasteiger partial charge in [0.25, 0.3) is 0 Å². The van der Waals surface area contributed by atoms with Crippen LogP contribution in [0.5, 0.6) is 5.75 Å². The van der Waals surface area contributed by atoms with E-state index in [9.17, 15) is 9.18 Å². The number of carbonyl (C=O) groups excluding carboxylic acids is 1. The number of ether oxygens (including phenoxy) is 2. The molecule has 0 bridgehead atoms. The molecule has 0 radical (unpaired) electrons. The van der Waals surface area contributed by atoms with Gasteiger partial charge in [0.2, 0.25) is 0 Å². The summed E-state index contributed by atoms with van der Waals surface area (Å²) in [6.45, 7) is 2.75. The monoisotopic (exact) mass is 498 g/mol. The van der Waals surface area contributed by atoms with Gasteiger partial charge in [-0.25, -0.2) is 14.2 Å². The summed E-state index contributed by atoms with van der Waals surface area (Å²) in [4.78, 5) is 17.0. The maximum Gasteiger partial charge on any atom is 0.338 e. The van der Waals surface area contributed by atoms with Gasteiger partial charge >= 0.3 is 5.97 Å². The first-order valence-corrected chi connectivity index (χ1v) is 12.2. The molecule has 0 saturated carbocycles. The maximum atomic E-state index is 14.3. The van der Waals surface area contributed by atoms with E-state index in [4.69, 9.17) is 26.1 Å². The quantitative estimate of drug-likeness (QED) is 0.193. The fourth-order valence-electron chi connectivity index (χ4n) is 3.60. The van der Waals surface area contributed by atoms with Crippen LogP contribution in [0, 0.1) is 5.82 Å². The highest BCUT2D eigenvalue weighted by Crippen LogP contribution is 2.30. The largest absolute Gasteiger partial charge is 0.497 e. The third-order valence-electron chi connectivity index (χ3n) is 5.37. The molecule has 0 aliphatic heterocycles. The van der Waals surface area contributed by atoms with Gasteiger partial charge in [0.1, 0.15) is 11.6 Å². The zero-order valence-corrected chi connectivity index (χ0v) is 20.5. The van der Waals surface area contributed by atoms with Crippen molar-refractivity contribution >= 4 is 40.4 Å². The third kappa shape index (κ3) is 5.54. The van der Waals surface area contributed by atoms with Crippen molar-refractivity contribution in [3.63, 3.8) is 0 Å². The number of halogens is 2. The van der Waals surface area contributed by atoms with Crippen molar-refractivity contribution < 1.29 is 18.7 Å². The van der Waals surface area contributed by atoms with Crippen LogP contribution in [0.15, 0.2) is 65.8 Å². The summed E-state index contributed by atoms with van der Waals surface area (Å²) in [5, 5.41) is 1.23. The molecule has 0 aliphatic carbocycles. The molecular formula is C26H24ClFN2O3S. The summed E-state index contributed by atoms with van der Waals surface area (Å²) >= 11 is 7.49. The number of hydrogen-bond donors (Lipinski definition) is 0. The molecule has 1 heterocycles. The van der Waals surface area contributed by atoms with Crippen molar-refractivity contribution in [2.24, 2.45) is 0 Å². The van der Waals surface area contributed by atoms with E-state index in [0.717, 1.165) is 28.4 Å². The van der Waals surface area contributed by atoms with Crippen LogP contribution < -0.4 is 4.74 Å². The van der Waals surface area contributed by atoms with Gasteiger partial charge in [0.15, 0.2) is 5.16 Å². The molecular weight excluding hydrogens is 475 g/mol. The number of hydrogen-bond acceptors (Lipinski definition) is 5. The fraction of sp³-hybridized carbons (Fsp3) is 0.231. The molecule has 0 amide bonds. The van der Waals surface area contributed by atoms with Crippen LogP contribution in [0.1, 0.15) is 28.4 Å². The van der Waals surface area contributed by atoms with Gasteiger partial charge < -0.3 is 14.0 Å². The highest BCUT2D eigenvalue weighted by atomic mass is 35.5. The van der Waals surface area contributed by atoms with E-state index in [1.54, 1.807) is 32.2 Å². The van der Waals surface area contributed by atoms with Crippen molar-refractivity contribution in [1.29, 1.82) is 0 Å². The first-order chi connectivity index (χ1) is 16.5. The Bertz CT molecular complexity index is 1310. The Morgan fingerprint density at radius 3 is 2.65 bits per heavy atom. The molecule has 0 fully saturated rings. The lowest BCUT2D eigenvalue weighted by molar-refractivity contribution is 0.0526. The first-order valence-electron chi connectivity index (χ1n) is 10.9. The summed E-state index contributed by atoms with van der Waals surface area (Å²) in [6.07, 6.45) is 0.772. The zero-order valence-electron chi connectivity index (χ0n) is 18.9. The van der Waals surface area contributed by atoms with Gasteiger partial charge in [0, 0.05) is 17.3 Å². The van der Waals surface area contributed by atoms with E-state index in [-0.39, 0.29) is 11.8 Å². The molecule has 176 valence electrons. The fourth-order valence-corrected chi connectivity index (χ4v) is 4.81. The molecule has 0 saturated heterocycles. The topological polar surface area (TPSA) is 53.3 Å². The molecule has 4 rings (SSSR count). The van der Waals surface area contributed by atoms with Crippen molar-refractivity contribution in [2.45, 2.75) is 30.8 Å². The van der Waals surface area contributed by atoms with Crippen LogP contribution in [0.3, 0.4) is 0 Å². The Morgan fingerprint density at radius 2 is 1.91 bits per heavy atom. The SMILES string of the molecule is CCOC(=O)c1ccc2c(c1)nc(SCc1cc(Cl)ccc1F)n2CCc1ccc(OC)cc1. The van der Waals surface area contributed by atoms with E-state index in [2.05, 4.69) is 4.57 Å². The zero-order chi connectivity index (χ0) is 24.1. The number of fused-ring (bicyclic) bond motifs is 1. The summed E-state index contributed by atoms with van der Waals surface area (Å²) in [5.41, 5.74) is 3.71. The predicted octanol–water partition coefficient (Wildman–Crippen LogP) is 6.55. The molecule has 0 unspecified atom stereocenters. The number of imidazole rings is 1. The lowest BCUT2D eigenvalue weighted by atomic mass is 10.1. The number of nitrogens with zero attached hydrogens (tertiary/aromatic N) is 2. The minimum atomic E-state index is -0.382. The number of aromatic nitrogens is 2. The Balaban J connectivity index is 1.64. The summed E-state index contributed by atoms with van der Waals surface area (Å²) in [6, 6.07) is 17.8. The molecule has 4 aromatic rings. The molecule has 0 N–H and O–H groups in total. The Hall–Kier alpha value is -3.03. The summed E-state index contributed by atoms with van der Waals surface area (Å²) in [7, 11) is 1.64. The van der Waals surface area contributed by atoms with Gasteiger partial charge in [-0.15, -0.1) is 0 Å². The lowest BCUT2D eigenvalue weighted by Crippen LogP contribution is -2.05. The maximum absolute atomic E-state index is 14.3. The van der Waals surface area contributed by atoms with Crippen LogP contribution >= 0.6 is 23.4 Å². The van der Waals surface area contributed by atoms with Crippen molar-refractivity contribution in [3.8, 4) is 5.75 Å². The number of benzene rings is 3. The first kappa shape index (κ1) is 24.1. The van der Waals surface area contributed by atoms with Crippen LogP contribution in [-0.2, 0) is 23.5 Å². The van der Waals surface area contributed by atoms with Gasteiger partial charge in [-0.05, 0) is 73.0 Å². The van der Waals surface area contributed by atoms with E-state index in [0.29, 0.717) is 40.6 Å². The Kier molecular flexibility index (Phi) is 7.75. The van der Waals surface area contributed by atoms with E-state index < -0.39 is 0 Å². The molecule has 1 aromatic heterocycles. The van der Waals surface area contributed by atoms with Crippen LogP contribution in [0.2, 0.25) is 5.02 Å². The second-order valence-electron chi connectivity index (χ2n) is 7.59. The minimum Gasteiger partial charge on any atom is -0.497 e. The van der Waals surface area contributed by atoms with Crippen LogP contribution in [0.25, 0.3) is 11.0 Å². The highest BCUT2D eigenvalue weighted by molar-refractivity contribution is 7.98. The van der Waals surface area contributed by atoms with E-state index in [1.165, 1.54) is 23.9 Å². The predicted molar refractivity (Wildman–Crippen MR) is 133 cm³/mol. The molecule has 0 spiro atoms. The van der Waals surface area contributed by atoms with Crippen molar-refractivity contribution in [2.75, 3.05) is 13.7 Å². The average Bonchev–Trinajstić information content (AvgIpc) is 3.20. The van der Waals surface area contributed by atoms with Gasteiger partial charge in [-0.1, -0.05) is 35.5 Å². The summed E-state index contributed by atoms with van der Waals surface area (Å²) in [5.74, 6) is 0.501. The van der Waals surface area contributed by atoms with Gasteiger partial charge in [0.05, 0.1) is 30.3 Å². The second kappa shape index (κ2) is 10.9. The number of rotatable bonds is 9. The van der Waals surface area contributed by atoms with Crippen molar-refractivity contribution in [1.82, 2.24) is 9.55 Å². The van der Waals surface area contributed by atoms with Crippen LogP contribution in [-0.4, -0.2) is 29.2 Å². The lowest BCUT2D eigenvalue weighted by Gasteiger charge is -2.10. The average molecular weight is 499 g/mol. The van der Waals surface area contributed by atoms with Crippen molar-refractivity contribution in [3.05, 3.63) is 88.2 Å². The van der Waals surface area contributed by atoms with Gasteiger partial charge in [-0.2, -0.15) is 0 Å². The normalized spacial score (nSPS) is 11.1. The van der Waals surface area contributed by atoms with Gasteiger partial charge in [-0.3, -0.25) is 0 Å². The minimum absolute atomic E-state index is 0.303. The molecule has 0 aliphatic rings. The second-order valence-corrected chi connectivity index (χ2v) is 8.97. The molecule has 34 heavy (non-hydrogen) atoms. The van der Waals surface area contributed by atoms with E-state index in [1.807, 2.05) is 30.3 Å². The molecule has 0 atom stereocenters. The standard InChI is InChI=1S/C26H24ClFN2O3S/c1-3-33-25(31)18-6-11-24-23(15-18)29-26(34-16-19-14-20(27)7-10-22(19)28)30(24)13-12-17-4-8-21(32-2)9-5-17/h4-11,14-15H,3,12-13,16H2,1-2H3. The Morgan fingerprint density at radius 1 is 1.12 bits per heavy atom. The number of thioether (sulfide) groups is 1. The number of carbonyl (C=O) groups is 1.